The molecule has 2 aromatic carbocycles. The van der Waals surface area contributed by atoms with Gasteiger partial charge in [-0.3, -0.25) is 0 Å². The Bertz CT molecular complexity index is 735. The Balaban J connectivity index is 2.22. The maximum atomic E-state index is 13.0. The van der Waals surface area contributed by atoms with Crippen molar-refractivity contribution < 1.29 is 19.0 Å². The molecule has 0 heterocycles. The highest BCUT2D eigenvalue weighted by atomic mass is 19.1. The second-order valence-corrected chi connectivity index (χ2v) is 4.49. The van der Waals surface area contributed by atoms with Crippen LogP contribution in [0.3, 0.4) is 0 Å². The number of carbonyl (C=O) groups is 1. The normalized spacial score (nSPS) is 9.95. The van der Waals surface area contributed by atoms with Crippen molar-refractivity contribution >= 4 is 5.97 Å². The number of carboxylic acids is 1. The number of benzene rings is 2. The summed E-state index contributed by atoms with van der Waals surface area (Å²) >= 11 is 0. The summed E-state index contributed by atoms with van der Waals surface area (Å²) in [5, 5.41) is 17.9. The van der Waals surface area contributed by atoms with E-state index in [4.69, 9.17) is 15.1 Å². The summed E-state index contributed by atoms with van der Waals surface area (Å²) < 4.78 is 18.6. The lowest BCUT2D eigenvalue weighted by Crippen LogP contribution is -2.02. The standard InChI is InChI=1S/C16H12FNO3/c1-10-2-3-11(16(19)20)7-15(10)21-9-12-4-5-14(17)6-13(12)8-18/h2-7H,9H2,1H3,(H,19,20). The van der Waals surface area contributed by atoms with Crippen molar-refractivity contribution in [1.29, 1.82) is 5.26 Å². The number of ether oxygens (including phenoxy) is 1. The lowest BCUT2D eigenvalue weighted by Gasteiger charge is -2.11. The summed E-state index contributed by atoms with van der Waals surface area (Å²) in [6, 6.07) is 10.3. The van der Waals surface area contributed by atoms with Crippen molar-refractivity contribution in [3.05, 3.63) is 64.5 Å². The largest absolute Gasteiger partial charge is 0.489 e. The molecule has 2 rings (SSSR count). The van der Waals surface area contributed by atoms with Crippen LogP contribution in [0, 0.1) is 24.1 Å². The number of nitriles is 1. The molecule has 0 atom stereocenters. The van der Waals surface area contributed by atoms with E-state index in [0.29, 0.717) is 11.3 Å². The van der Waals surface area contributed by atoms with Gasteiger partial charge in [-0.25, -0.2) is 9.18 Å². The van der Waals surface area contributed by atoms with Crippen molar-refractivity contribution in [2.45, 2.75) is 13.5 Å². The monoisotopic (exact) mass is 285 g/mol. The Morgan fingerprint density at radius 3 is 2.76 bits per heavy atom. The first-order valence-electron chi connectivity index (χ1n) is 6.16. The van der Waals surface area contributed by atoms with Crippen LogP contribution in [0.5, 0.6) is 5.75 Å². The quantitative estimate of drug-likeness (QED) is 0.935. The third-order valence-electron chi connectivity index (χ3n) is 3.01. The zero-order chi connectivity index (χ0) is 15.4. The van der Waals surface area contributed by atoms with Crippen LogP contribution in [-0.2, 0) is 6.61 Å². The topological polar surface area (TPSA) is 70.3 Å². The van der Waals surface area contributed by atoms with Crippen LogP contribution in [0.15, 0.2) is 36.4 Å². The number of rotatable bonds is 4. The molecule has 4 nitrogen and oxygen atoms in total. The van der Waals surface area contributed by atoms with Crippen LogP contribution in [0.25, 0.3) is 0 Å². The lowest BCUT2D eigenvalue weighted by molar-refractivity contribution is 0.0696. The number of halogens is 1. The van der Waals surface area contributed by atoms with Gasteiger partial charge >= 0.3 is 5.97 Å². The predicted molar refractivity (Wildman–Crippen MR) is 73.6 cm³/mol. The number of nitrogens with zero attached hydrogens (tertiary/aromatic N) is 1. The van der Waals surface area contributed by atoms with Gasteiger partial charge in [-0.15, -0.1) is 0 Å². The van der Waals surface area contributed by atoms with Crippen LogP contribution in [-0.4, -0.2) is 11.1 Å². The fourth-order valence-corrected chi connectivity index (χ4v) is 1.82. The van der Waals surface area contributed by atoms with E-state index in [1.54, 1.807) is 13.0 Å². The van der Waals surface area contributed by atoms with Crippen LogP contribution < -0.4 is 4.74 Å². The molecule has 0 saturated carbocycles. The molecule has 0 amide bonds. The molecule has 0 unspecified atom stereocenters. The molecule has 0 bridgehead atoms. The van der Waals surface area contributed by atoms with E-state index in [0.717, 1.165) is 11.6 Å². The van der Waals surface area contributed by atoms with E-state index in [1.165, 1.54) is 24.3 Å². The second kappa shape index (κ2) is 6.06. The zero-order valence-electron chi connectivity index (χ0n) is 11.3. The number of carboxylic acid groups (broad SMARTS) is 1. The van der Waals surface area contributed by atoms with Crippen molar-refractivity contribution in [3.8, 4) is 11.8 Å². The molecule has 0 radical (unpaired) electrons. The van der Waals surface area contributed by atoms with Gasteiger partial charge < -0.3 is 9.84 Å². The maximum Gasteiger partial charge on any atom is 0.335 e. The van der Waals surface area contributed by atoms with Gasteiger partial charge in [0.05, 0.1) is 17.2 Å². The van der Waals surface area contributed by atoms with Gasteiger partial charge in [0.2, 0.25) is 0 Å². The molecule has 5 heteroatoms. The third kappa shape index (κ3) is 3.37. The molecule has 106 valence electrons. The smallest absolute Gasteiger partial charge is 0.335 e. The van der Waals surface area contributed by atoms with Crippen molar-refractivity contribution in [2.75, 3.05) is 0 Å². The average molecular weight is 285 g/mol. The van der Waals surface area contributed by atoms with E-state index in [1.807, 2.05) is 6.07 Å². The van der Waals surface area contributed by atoms with E-state index >= 15 is 0 Å². The molecular weight excluding hydrogens is 273 g/mol. The molecule has 0 saturated heterocycles. The Labute approximate surface area is 121 Å². The SMILES string of the molecule is Cc1ccc(C(=O)O)cc1OCc1ccc(F)cc1C#N. The number of aryl methyl sites for hydroxylation is 1. The summed E-state index contributed by atoms with van der Waals surface area (Å²) in [6.07, 6.45) is 0. The highest BCUT2D eigenvalue weighted by Gasteiger charge is 2.09. The molecule has 1 N–H and O–H groups in total. The first-order chi connectivity index (χ1) is 10.0. The maximum absolute atomic E-state index is 13.0. The van der Waals surface area contributed by atoms with Gasteiger partial charge in [-0.05, 0) is 36.8 Å². The van der Waals surface area contributed by atoms with Crippen LogP contribution in [0.2, 0.25) is 0 Å². The highest BCUT2D eigenvalue weighted by Crippen LogP contribution is 2.22. The first kappa shape index (κ1) is 14.5. The number of aromatic carboxylic acids is 1. The summed E-state index contributed by atoms with van der Waals surface area (Å²) in [6.45, 7) is 1.85. The molecular formula is C16H12FNO3. The second-order valence-electron chi connectivity index (χ2n) is 4.49. The van der Waals surface area contributed by atoms with Gasteiger partial charge in [0.15, 0.2) is 0 Å². The minimum atomic E-state index is -1.04. The highest BCUT2D eigenvalue weighted by molar-refractivity contribution is 5.88. The lowest BCUT2D eigenvalue weighted by atomic mass is 10.1. The number of hydrogen-bond acceptors (Lipinski definition) is 3. The van der Waals surface area contributed by atoms with Crippen molar-refractivity contribution in [1.82, 2.24) is 0 Å². The van der Waals surface area contributed by atoms with Gasteiger partial charge in [0.25, 0.3) is 0 Å². The minimum absolute atomic E-state index is 0.0626. The van der Waals surface area contributed by atoms with E-state index in [-0.39, 0.29) is 17.7 Å². The van der Waals surface area contributed by atoms with Gasteiger partial charge in [0.1, 0.15) is 18.2 Å². The van der Waals surface area contributed by atoms with Gasteiger partial charge in [-0.1, -0.05) is 12.1 Å². The van der Waals surface area contributed by atoms with Crippen LogP contribution in [0.4, 0.5) is 4.39 Å². The number of hydrogen-bond donors (Lipinski definition) is 1. The Hall–Kier alpha value is -2.87. The zero-order valence-corrected chi connectivity index (χ0v) is 11.3. The first-order valence-corrected chi connectivity index (χ1v) is 6.16. The Morgan fingerprint density at radius 1 is 1.33 bits per heavy atom. The summed E-state index contributed by atoms with van der Waals surface area (Å²) in [4.78, 5) is 10.9. The molecule has 0 aliphatic rings. The van der Waals surface area contributed by atoms with Crippen molar-refractivity contribution in [2.24, 2.45) is 0 Å². The fraction of sp³-hybridized carbons (Fsp3) is 0.125. The van der Waals surface area contributed by atoms with E-state index in [2.05, 4.69) is 0 Å². The molecule has 0 aromatic heterocycles. The predicted octanol–water partition coefficient (Wildman–Crippen LogP) is 3.28. The fourth-order valence-electron chi connectivity index (χ4n) is 1.82. The van der Waals surface area contributed by atoms with Crippen molar-refractivity contribution in [3.63, 3.8) is 0 Å². The Morgan fingerprint density at radius 2 is 2.10 bits per heavy atom. The van der Waals surface area contributed by atoms with E-state index < -0.39 is 11.8 Å². The minimum Gasteiger partial charge on any atom is -0.489 e. The van der Waals surface area contributed by atoms with E-state index in [9.17, 15) is 9.18 Å². The molecule has 0 fully saturated rings. The molecule has 2 aromatic rings. The summed E-state index contributed by atoms with van der Waals surface area (Å²) in [5.74, 6) is -1.11. The van der Waals surface area contributed by atoms with Crippen LogP contribution in [0.1, 0.15) is 27.0 Å². The third-order valence-corrected chi connectivity index (χ3v) is 3.01. The molecule has 0 aliphatic carbocycles. The average Bonchev–Trinajstić information content (AvgIpc) is 2.47. The van der Waals surface area contributed by atoms with Gasteiger partial charge in [0, 0.05) is 5.56 Å². The summed E-state index contributed by atoms with van der Waals surface area (Å²) in [7, 11) is 0. The van der Waals surface area contributed by atoms with Crippen LogP contribution >= 0.6 is 0 Å². The molecule has 0 spiro atoms. The summed E-state index contributed by atoms with van der Waals surface area (Å²) in [5.41, 5.74) is 1.64. The molecule has 21 heavy (non-hydrogen) atoms. The van der Waals surface area contributed by atoms with Gasteiger partial charge in [-0.2, -0.15) is 5.26 Å². The Kier molecular flexibility index (Phi) is 4.19. The molecule has 0 aliphatic heterocycles.